The zero-order chi connectivity index (χ0) is 26.0. The van der Waals surface area contributed by atoms with Crippen LogP contribution in [0.5, 0.6) is 0 Å². The van der Waals surface area contributed by atoms with Gasteiger partial charge in [0, 0.05) is 11.8 Å². The molecule has 0 aliphatic heterocycles. The molecule has 0 bridgehead atoms. The Morgan fingerprint density at radius 1 is 1.06 bits per heavy atom. The van der Waals surface area contributed by atoms with E-state index in [1.165, 1.54) is 32.1 Å². The summed E-state index contributed by atoms with van der Waals surface area (Å²) in [6.45, 7) is 13.6. The van der Waals surface area contributed by atoms with Gasteiger partial charge in [-0.3, -0.25) is 14.4 Å². The summed E-state index contributed by atoms with van der Waals surface area (Å²) in [6, 6.07) is 0. The first-order valence-corrected chi connectivity index (χ1v) is 14.4. The third kappa shape index (κ3) is 5.80. The second-order valence-corrected chi connectivity index (χ2v) is 13.0. The van der Waals surface area contributed by atoms with Crippen molar-refractivity contribution in [2.24, 2.45) is 52.3 Å². The molecular formula is C30H50O5. The predicted molar refractivity (Wildman–Crippen MR) is 138 cm³/mol. The molecule has 0 heterocycles. The minimum atomic E-state index is -0.994. The van der Waals surface area contributed by atoms with Crippen molar-refractivity contribution >= 4 is 17.7 Å². The average Bonchev–Trinajstić information content (AvgIpc) is 3.13. The van der Waals surface area contributed by atoms with Crippen LogP contribution in [0.25, 0.3) is 0 Å². The molecule has 5 heteroatoms. The lowest BCUT2D eigenvalue weighted by Crippen LogP contribution is -2.53. The van der Waals surface area contributed by atoms with Crippen molar-refractivity contribution in [1.82, 2.24) is 0 Å². The first-order chi connectivity index (χ1) is 16.4. The zero-order valence-corrected chi connectivity index (χ0v) is 23.1. The summed E-state index contributed by atoms with van der Waals surface area (Å²) in [5.74, 6) is 1.44. The van der Waals surface area contributed by atoms with Gasteiger partial charge in [-0.05, 0) is 86.4 Å². The molecular weight excluding hydrogens is 440 g/mol. The molecule has 5 unspecified atom stereocenters. The number of aliphatic carboxylic acids is 1. The maximum atomic E-state index is 13.3. The Kier molecular flexibility index (Phi) is 9.13. The summed E-state index contributed by atoms with van der Waals surface area (Å²) in [5, 5.41) is 9.89. The first kappa shape index (κ1) is 28.2. The smallest absolute Gasteiger partial charge is 0.307 e. The topological polar surface area (TPSA) is 80.7 Å². The van der Waals surface area contributed by atoms with Crippen LogP contribution in [0.2, 0.25) is 0 Å². The van der Waals surface area contributed by atoms with E-state index in [-0.39, 0.29) is 31.1 Å². The number of carbonyl (C=O) groups excluding carboxylic acids is 2. The molecule has 35 heavy (non-hydrogen) atoms. The minimum Gasteiger partial charge on any atom is -0.481 e. The summed E-state index contributed by atoms with van der Waals surface area (Å²) >= 11 is 0. The van der Waals surface area contributed by atoms with Gasteiger partial charge in [-0.2, -0.15) is 0 Å². The summed E-state index contributed by atoms with van der Waals surface area (Å²) < 4.78 is 5.04. The van der Waals surface area contributed by atoms with Crippen LogP contribution in [0.1, 0.15) is 112 Å². The van der Waals surface area contributed by atoms with E-state index in [0.29, 0.717) is 23.7 Å². The van der Waals surface area contributed by atoms with Crippen LogP contribution in [0.4, 0.5) is 0 Å². The molecule has 0 aromatic rings. The number of fused-ring (bicyclic) bond motifs is 3. The van der Waals surface area contributed by atoms with E-state index in [1.54, 1.807) is 6.92 Å². The van der Waals surface area contributed by atoms with E-state index in [0.717, 1.165) is 37.0 Å². The molecule has 3 fully saturated rings. The van der Waals surface area contributed by atoms with Crippen LogP contribution in [0.15, 0.2) is 0 Å². The maximum absolute atomic E-state index is 13.3. The Morgan fingerprint density at radius 3 is 2.40 bits per heavy atom. The second kappa shape index (κ2) is 11.3. The average molecular weight is 491 g/mol. The van der Waals surface area contributed by atoms with Gasteiger partial charge in [0.1, 0.15) is 5.78 Å². The number of carbonyl (C=O) groups is 3. The van der Waals surface area contributed by atoms with Gasteiger partial charge in [0.2, 0.25) is 0 Å². The summed E-state index contributed by atoms with van der Waals surface area (Å²) in [4.78, 5) is 37.5. The van der Waals surface area contributed by atoms with E-state index >= 15 is 0 Å². The van der Waals surface area contributed by atoms with Crippen molar-refractivity contribution in [3.8, 4) is 0 Å². The van der Waals surface area contributed by atoms with Gasteiger partial charge in [0.25, 0.3) is 0 Å². The highest BCUT2D eigenvalue weighted by molar-refractivity contribution is 5.87. The highest BCUT2D eigenvalue weighted by Gasteiger charge is 2.60. The van der Waals surface area contributed by atoms with E-state index in [2.05, 4.69) is 27.7 Å². The Labute approximate surface area is 213 Å². The van der Waals surface area contributed by atoms with Crippen LogP contribution >= 0.6 is 0 Å². The third-order valence-electron chi connectivity index (χ3n) is 10.5. The molecule has 0 saturated heterocycles. The van der Waals surface area contributed by atoms with Gasteiger partial charge < -0.3 is 9.84 Å². The SMILES string of the molecule is CCOC(=O)C[C@H](C[C@@]1(C)C(=O)CCC2C3CCC(C(C)CCCC(C)C)[C@@]3(C)CCC21)C(=O)O. The summed E-state index contributed by atoms with van der Waals surface area (Å²) in [6.07, 6.45) is 10.2. The zero-order valence-electron chi connectivity index (χ0n) is 23.1. The molecule has 3 saturated carbocycles. The van der Waals surface area contributed by atoms with Crippen LogP contribution in [0, 0.1) is 52.3 Å². The first-order valence-electron chi connectivity index (χ1n) is 14.4. The monoisotopic (exact) mass is 490 g/mol. The molecule has 3 aliphatic rings. The fourth-order valence-electron chi connectivity index (χ4n) is 8.74. The molecule has 200 valence electrons. The number of Topliss-reactive ketones (excluding diaryl/α,β-unsaturated/α-hetero) is 1. The number of ketones is 1. The van der Waals surface area contributed by atoms with Gasteiger partial charge in [0.05, 0.1) is 18.9 Å². The van der Waals surface area contributed by atoms with E-state index in [4.69, 9.17) is 4.74 Å². The second-order valence-electron chi connectivity index (χ2n) is 13.0. The molecule has 3 aliphatic carbocycles. The summed E-state index contributed by atoms with van der Waals surface area (Å²) in [7, 11) is 0. The van der Waals surface area contributed by atoms with Gasteiger partial charge in [-0.1, -0.05) is 53.9 Å². The fourth-order valence-corrected chi connectivity index (χ4v) is 8.74. The Bertz CT molecular complexity index is 775. The molecule has 5 nitrogen and oxygen atoms in total. The van der Waals surface area contributed by atoms with Crippen LogP contribution < -0.4 is 0 Å². The van der Waals surface area contributed by atoms with Crippen LogP contribution in [0.3, 0.4) is 0 Å². The van der Waals surface area contributed by atoms with Crippen LogP contribution in [-0.2, 0) is 19.1 Å². The Hall–Kier alpha value is -1.39. The molecule has 0 aromatic heterocycles. The third-order valence-corrected chi connectivity index (χ3v) is 10.5. The molecule has 0 aromatic carbocycles. The lowest BCUT2D eigenvalue weighted by atomic mass is 9.47. The number of ether oxygens (including phenoxy) is 1. The van der Waals surface area contributed by atoms with E-state index < -0.39 is 23.3 Å². The molecule has 0 spiro atoms. The molecule has 0 radical (unpaired) electrons. The van der Waals surface area contributed by atoms with E-state index in [9.17, 15) is 19.5 Å². The van der Waals surface area contributed by atoms with Gasteiger partial charge in [-0.15, -0.1) is 0 Å². The number of hydrogen-bond donors (Lipinski definition) is 1. The number of esters is 1. The van der Waals surface area contributed by atoms with Gasteiger partial charge in [0.15, 0.2) is 0 Å². The lowest BCUT2D eigenvalue weighted by molar-refractivity contribution is -0.158. The quantitative estimate of drug-likeness (QED) is 0.318. The number of carboxylic acids is 1. The normalized spacial score (nSPS) is 36.4. The van der Waals surface area contributed by atoms with E-state index in [1.807, 2.05) is 6.92 Å². The lowest BCUT2D eigenvalue weighted by Gasteiger charge is -2.56. The van der Waals surface area contributed by atoms with Gasteiger partial charge >= 0.3 is 11.9 Å². The molecule has 1 N–H and O–H groups in total. The molecule has 3 rings (SSSR count). The largest absolute Gasteiger partial charge is 0.481 e. The van der Waals surface area contributed by atoms with Crippen molar-refractivity contribution < 1.29 is 24.2 Å². The number of carboxylic acid groups (broad SMARTS) is 1. The van der Waals surface area contributed by atoms with Crippen molar-refractivity contribution in [1.29, 1.82) is 0 Å². The fraction of sp³-hybridized carbons (Fsp3) is 0.900. The summed E-state index contributed by atoms with van der Waals surface area (Å²) in [5.41, 5.74) is -0.336. The molecule has 0 amide bonds. The predicted octanol–water partition coefficient (Wildman–Crippen LogP) is 6.92. The highest BCUT2D eigenvalue weighted by Crippen LogP contribution is 2.66. The maximum Gasteiger partial charge on any atom is 0.307 e. The minimum absolute atomic E-state index is 0.152. The van der Waals surface area contributed by atoms with Gasteiger partial charge in [-0.25, -0.2) is 0 Å². The van der Waals surface area contributed by atoms with Crippen molar-refractivity contribution in [2.45, 2.75) is 112 Å². The van der Waals surface area contributed by atoms with Crippen molar-refractivity contribution in [3.05, 3.63) is 0 Å². The standard InChI is InChI=1S/C30H50O5/c1-7-35-27(32)17-21(28(33)34)18-30(6)25-15-16-29(5)23(20(4)10-8-9-19(2)3)12-13-24(29)22(25)11-14-26(30)31/h19-25H,7-18H2,1-6H3,(H,33,34)/t20?,21-,22?,23?,24?,25?,29-,30-/m1/s1. The van der Waals surface area contributed by atoms with Crippen molar-refractivity contribution in [2.75, 3.05) is 6.61 Å². The number of rotatable bonds is 11. The molecule has 8 atom stereocenters. The van der Waals surface area contributed by atoms with Crippen LogP contribution in [-0.4, -0.2) is 29.4 Å². The Balaban J connectivity index is 1.76. The number of hydrogen-bond acceptors (Lipinski definition) is 4. The highest BCUT2D eigenvalue weighted by atomic mass is 16.5. The van der Waals surface area contributed by atoms with Crippen molar-refractivity contribution in [3.63, 3.8) is 0 Å². The Morgan fingerprint density at radius 2 is 1.77 bits per heavy atom.